The van der Waals surface area contributed by atoms with Crippen molar-refractivity contribution in [3.8, 4) is 0 Å². The zero-order valence-electron chi connectivity index (χ0n) is 16.1. The third-order valence-corrected chi connectivity index (χ3v) is 9.13. The van der Waals surface area contributed by atoms with Gasteiger partial charge in [-0.3, -0.25) is 0 Å². The summed E-state index contributed by atoms with van der Waals surface area (Å²) in [7, 11) is -2.10. The average molecular weight is 356 g/mol. The second kappa shape index (κ2) is 8.79. The summed E-state index contributed by atoms with van der Waals surface area (Å²) in [5.41, 5.74) is 2.70. The van der Waals surface area contributed by atoms with Crippen molar-refractivity contribution >= 4 is 8.32 Å². The van der Waals surface area contributed by atoms with Gasteiger partial charge in [0.25, 0.3) is 0 Å². The van der Waals surface area contributed by atoms with Crippen LogP contribution in [0.15, 0.2) is 60.7 Å². The van der Waals surface area contributed by atoms with E-state index >= 15 is 0 Å². The summed E-state index contributed by atoms with van der Waals surface area (Å²) in [6.45, 7) is 10.4. The molecule has 25 heavy (non-hydrogen) atoms. The molecule has 0 amide bonds. The van der Waals surface area contributed by atoms with Gasteiger partial charge in [-0.05, 0) is 48.6 Å². The molecule has 2 aromatic carbocycles. The van der Waals surface area contributed by atoms with E-state index in [1.807, 2.05) is 13.1 Å². The molecule has 0 aliphatic rings. The van der Waals surface area contributed by atoms with Gasteiger partial charge in [0.15, 0.2) is 8.32 Å². The minimum absolute atomic E-state index is 0.0624. The first-order chi connectivity index (χ1) is 11.8. The number of hydrogen-bond acceptors (Lipinski definition) is 2. The molecular weight excluding hydrogens is 322 g/mol. The topological polar surface area (TPSA) is 32.3 Å². The molecule has 0 aliphatic carbocycles. The highest BCUT2D eigenvalue weighted by Gasteiger charge is 2.37. The van der Waals surface area contributed by atoms with Crippen LogP contribution in [0.3, 0.4) is 0 Å². The highest BCUT2D eigenvalue weighted by molar-refractivity contribution is 6.72. The van der Waals surface area contributed by atoms with Gasteiger partial charge in [0, 0.05) is 12.5 Å². The smallest absolute Gasteiger partial charge is 0.188 e. The van der Waals surface area contributed by atoms with E-state index in [4.69, 9.17) is 0 Å². The van der Waals surface area contributed by atoms with Crippen molar-refractivity contribution in [1.82, 2.24) is 5.32 Å². The normalized spacial score (nSPS) is 12.6. The molecule has 0 saturated heterocycles. The van der Waals surface area contributed by atoms with E-state index in [2.05, 4.69) is 79.8 Å². The summed E-state index contributed by atoms with van der Waals surface area (Å²) in [4.78, 5) is 10.4. The van der Waals surface area contributed by atoms with Gasteiger partial charge in [-0.25, -0.2) is 0 Å². The third kappa shape index (κ3) is 5.81. The van der Waals surface area contributed by atoms with E-state index in [-0.39, 0.29) is 5.04 Å². The largest absolute Gasteiger partial charge is 0.432 e. The van der Waals surface area contributed by atoms with Crippen molar-refractivity contribution in [2.75, 3.05) is 13.1 Å². The van der Waals surface area contributed by atoms with Gasteiger partial charge in [-0.2, -0.15) is 0 Å². The maximum absolute atomic E-state index is 10.4. The number of rotatable bonds is 9. The Balaban J connectivity index is 1.91. The lowest BCUT2D eigenvalue weighted by Crippen LogP contribution is -2.39. The minimum Gasteiger partial charge on any atom is -0.432 e. The second-order valence-corrected chi connectivity index (χ2v) is 12.6. The van der Waals surface area contributed by atoms with E-state index in [1.54, 1.807) is 0 Å². The summed E-state index contributed by atoms with van der Waals surface area (Å²) in [5, 5.41) is 3.70. The van der Waals surface area contributed by atoms with Crippen molar-refractivity contribution in [3.63, 3.8) is 0 Å². The first-order valence-electron chi connectivity index (χ1n) is 9.34. The first-order valence-corrected chi connectivity index (χ1v) is 12.3. The molecule has 2 rings (SSSR count). The van der Waals surface area contributed by atoms with E-state index in [0.717, 1.165) is 25.9 Å². The van der Waals surface area contributed by atoms with Crippen LogP contribution in [0.4, 0.5) is 0 Å². The molecule has 0 saturated carbocycles. The highest BCUT2D eigenvalue weighted by Crippen LogP contribution is 2.39. The van der Waals surface area contributed by atoms with E-state index in [0.29, 0.717) is 5.92 Å². The summed E-state index contributed by atoms with van der Waals surface area (Å²) < 4.78 is 0. The van der Waals surface area contributed by atoms with Crippen molar-refractivity contribution in [2.24, 2.45) is 0 Å². The van der Waals surface area contributed by atoms with E-state index < -0.39 is 8.32 Å². The standard InChI is InChI=1S/C22H33NOSi/c1-22(2,25(3,4)24)16-11-17-23-18-21(19-12-7-5-8-13-19)20-14-9-6-10-15-20/h5-10,12-15,21,23-24H,11,16-18H2,1-4H3. The van der Waals surface area contributed by atoms with E-state index in [1.165, 1.54) is 11.1 Å². The third-order valence-electron chi connectivity index (χ3n) is 5.56. The molecule has 0 aliphatic heterocycles. The summed E-state index contributed by atoms with van der Waals surface area (Å²) in [6, 6.07) is 21.4. The van der Waals surface area contributed by atoms with Gasteiger partial charge in [-0.15, -0.1) is 0 Å². The zero-order valence-corrected chi connectivity index (χ0v) is 17.1. The Bertz CT molecular complexity index is 580. The van der Waals surface area contributed by atoms with Gasteiger partial charge in [0.1, 0.15) is 0 Å². The van der Waals surface area contributed by atoms with Crippen LogP contribution in [0.25, 0.3) is 0 Å². The SMILES string of the molecule is CC(C)(CCCNCC(c1ccccc1)c1ccccc1)[Si](C)(C)O. The van der Waals surface area contributed by atoms with Crippen molar-refractivity contribution in [3.05, 3.63) is 71.8 Å². The van der Waals surface area contributed by atoms with Crippen molar-refractivity contribution in [2.45, 2.75) is 50.7 Å². The summed E-state index contributed by atoms with van der Waals surface area (Å²) >= 11 is 0. The Kier molecular flexibility index (Phi) is 7.00. The minimum atomic E-state index is -2.10. The monoisotopic (exact) mass is 355 g/mol. The molecule has 0 unspecified atom stereocenters. The fraction of sp³-hybridized carbons (Fsp3) is 0.455. The number of benzene rings is 2. The van der Waals surface area contributed by atoms with E-state index in [9.17, 15) is 4.80 Å². The van der Waals surface area contributed by atoms with Crippen LogP contribution in [-0.4, -0.2) is 26.2 Å². The van der Waals surface area contributed by atoms with Gasteiger partial charge < -0.3 is 10.1 Å². The Hall–Kier alpha value is -1.42. The summed E-state index contributed by atoms with van der Waals surface area (Å²) in [6.07, 6.45) is 2.16. The lowest BCUT2D eigenvalue weighted by molar-refractivity contribution is 0.437. The molecule has 0 heterocycles. The summed E-state index contributed by atoms with van der Waals surface area (Å²) in [5.74, 6) is 0.374. The van der Waals surface area contributed by atoms with Crippen LogP contribution in [-0.2, 0) is 0 Å². The van der Waals surface area contributed by atoms with Crippen LogP contribution in [0.5, 0.6) is 0 Å². The fourth-order valence-electron chi connectivity index (χ4n) is 3.01. The molecule has 0 fully saturated rings. The zero-order chi connectivity index (χ0) is 18.3. The quantitative estimate of drug-likeness (QED) is 0.481. The fourth-order valence-corrected chi connectivity index (χ4v) is 3.80. The van der Waals surface area contributed by atoms with Crippen LogP contribution in [0, 0.1) is 0 Å². The highest BCUT2D eigenvalue weighted by atomic mass is 28.4. The second-order valence-electron chi connectivity index (χ2n) is 8.12. The van der Waals surface area contributed by atoms with Crippen LogP contribution in [0.1, 0.15) is 43.7 Å². The van der Waals surface area contributed by atoms with Crippen LogP contribution in [0.2, 0.25) is 18.1 Å². The van der Waals surface area contributed by atoms with Gasteiger partial charge in [0.05, 0.1) is 0 Å². The molecule has 2 nitrogen and oxygen atoms in total. The lowest BCUT2D eigenvalue weighted by Gasteiger charge is -2.35. The molecule has 2 aromatic rings. The number of nitrogens with one attached hydrogen (secondary N) is 1. The first kappa shape index (κ1) is 19.9. The molecule has 3 heteroatoms. The molecule has 0 radical (unpaired) electrons. The van der Waals surface area contributed by atoms with Crippen LogP contribution >= 0.6 is 0 Å². The van der Waals surface area contributed by atoms with Crippen molar-refractivity contribution < 1.29 is 4.80 Å². The molecule has 0 spiro atoms. The molecule has 0 atom stereocenters. The van der Waals surface area contributed by atoms with Gasteiger partial charge in [-0.1, -0.05) is 74.5 Å². The lowest BCUT2D eigenvalue weighted by atomic mass is 9.91. The molecular formula is C22H33NOSi. The Morgan fingerprint density at radius 3 is 1.84 bits per heavy atom. The Morgan fingerprint density at radius 1 is 0.920 bits per heavy atom. The molecule has 0 aromatic heterocycles. The van der Waals surface area contributed by atoms with Crippen molar-refractivity contribution in [1.29, 1.82) is 0 Å². The van der Waals surface area contributed by atoms with Gasteiger partial charge >= 0.3 is 0 Å². The Labute approximate surface area is 154 Å². The molecule has 2 N–H and O–H groups in total. The molecule has 0 bridgehead atoms. The number of hydrogen-bond donors (Lipinski definition) is 2. The average Bonchev–Trinajstić information content (AvgIpc) is 2.58. The molecule has 136 valence electrons. The maximum Gasteiger partial charge on any atom is 0.188 e. The predicted molar refractivity (Wildman–Crippen MR) is 111 cm³/mol. The Morgan fingerprint density at radius 2 is 1.40 bits per heavy atom. The predicted octanol–water partition coefficient (Wildman–Crippen LogP) is 5.17. The van der Waals surface area contributed by atoms with Crippen LogP contribution < -0.4 is 5.32 Å². The maximum atomic E-state index is 10.4. The van der Waals surface area contributed by atoms with Gasteiger partial charge in [0.2, 0.25) is 0 Å².